The quantitative estimate of drug-likeness (QED) is 0.458. The van der Waals surface area contributed by atoms with E-state index in [1.807, 2.05) is 12.1 Å². The number of hydrogen-bond donors (Lipinski definition) is 1. The van der Waals surface area contributed by atoms with E-state index in [-0.39, 0.29) is 5.91 Å². The number of ether oxygens (including phenoxy) is 3. The molecular weight excluding hydrogens is 494 g/mol. The van der Waals surface area contributed by atoms with Crippen molar-refractivity contribution in [3.05, 3.63) is 56.0 Å². The molecule has 0 saturated heterocycles. The predicted molar refractivity (Wildman–Crippen MR) is 122 cm³/mol. The number of benzene rings is 2. The molecule has 3 aromatic rings. The highest BCUT2D eigenvalue weighted by Gasteiger charge is 2.18. The molecule has 1 heterocycles. The largest absolute Gasteiger partial charge is 0.493 e. The fourth-order valence-electron chi connectivity index (χ4n) is 2.57. The first kappa shape index (κ1) is 22.1. The molecule has 0 saturated carbocycles. The van der Waals surface area contributed by atoms with Crippen molar-refractivity contribution in [3.63, 3.8) is 0 Å². The molecule has 10 heteroatoms. The Hall–Kier alpha value is -2.62. The fraction of sp³-hybridized carbons (Fsp3) is 0.150. The number of amides is 1. The second kappa shape index (κ2) is 9.92. The number of methoxy groups -OCH3 is 3. The standard InChI is InChI=1S/C20H17BrClN3O4S/c1-27-14-10-11(16(21)18(29-3)17(14)28-2)7-8-15-24-25-20(30-15)23-19(26)12-5-4-6-13(22)9-12/h4-10H,1-3H3,(H,23,25,26)/b8-7+. The lowest BCUT2D eigenvalue weighted by Crippen LogP contribution is -2.11. The summed E-state index contributed by atoms with van der Waals surface area (Å²) >= 11 is 10.7. The van der Waals surface area contributed by atoms with E-state index in [4.69, 9.17) is 25.8 Å². The average molecular weight is 511 g/mol. The Morgan fingerprint density at radius 1 is 1.10 bits per heavy atom. The van der Waals surface area contributed by atoms with Crippen LogP contribution in [0.1, 0.15) is 20.9 Å². The van der Waals surface area contributed by atoms with Crippen molar-refractivity contribution in [3.8, 4) is 17.2 Å². The number of rotatable bonds is 7. The molecular formula is C20H17BrClN3O4S. The molecule has 0 aliphatic heterocycles. The van der Waals surface area contributed by atoms with Crippen molar-refractivity contribution in [1.29, 1.82) is 0 Å². The summed E-state index contributed by atoms with van der Waals surface area (Å²) in [6.45, 7) is 0. The van der Waals surface area contributed by atoms with E-state index < -0.39 is 0 Å². The number of carbonyl (C=O) groups excluding carboxylic acids is 1. The highest BCUT2D eigenvalue weighted by Crippen LogP contribution is 2.45. The Labute approximate surface area is 190 Å². The molecule has 0 bridgehead atoms. The minimum absolute atomic E-state index is 0.309. The van der Waals surface area contributed by atoms with Gasteiger partial charge in [-0.05, 0) is 51.8 Å². The maximum Gasteiger partial charge on any atom is 0.257 e. The van der Waals surface area contributed by atoms with Crippen molar-refractivity contribution < 1.29 is 19.0 Å². The predicted octanol–water partition coefficient (Wildman–Crippen LogP) is 5.40. The van der Waals surface area contributed by atoms with Gasteiger partial charge in [-0.1, -0.05) is 35.1 Å². The van der Waals surface area contributed by atoms with E-state index >= 15 is 0 Å². The van der Waals surface area contributed by atoms with Crippen molar-refractivity contribution in [2.24, 2.45) is 0 Å². The zero-order chi connectivity index (χ0) is 21.7. The monoisotopic (exact) mass is 509 g/mol. The molecule has 0 aliphatic rings. The normalized spacial score (nSPS) is 10.8. The Morgan fingerprint density at radius 2 is 1.87 bits per heavy atom. The molecule has 3 rings (SSSR count). The molecule has 156 valence electrons. The van der Waals surface area contributed by atoms with Gasteiger partial charge in [-0.2, -0.15) is 0 Å². The summed E-state index contributed by atoms with van der Waals surface area (Å²) in [5, 5.41) is 12.3. The number of halogens is 2. The van der Waals surface area contributed by atoms with Gasteiger partial charge in [-0.3, -0.25) is 10.1 Å². The molecule has 1 aromatic heterocycles. The van der Waals surface area contributed by atoms with Crippen molar-refractivity contribution >= 4 is 62.1 Å². The molecule has 7 nitrogen and oxygen atoms in total. The van der Waals surface area contributed by atoms with E-state index in [0.717, 1.165) is 5.56 Å². The third-order valence-corrected chi connectivity index (χ3v) is 5.81. The Balaban J connectivity index is 1.80. The summed E-state index contributed by atoms with van der Waals surface area (Å²) in [6.07, 6.45) is 3.61. The second-order valence-corrected chi connectivity index (χ2v) is 8.03. The Morgan fingerprint density at radius 3 is 2.53 bits per heavy atom. The Kier molecular flexibility index (Phi) is 7.30. The molecule has 2 aromatic carbocycles. The number of hydrogen-bond acceptors (Lipinski definition) is 7. The lowest BCUT2D eigenvalue weighted by Gasteiger charge is -2.15. The highest BCUT2D eigenvalue weighted by molar-refractivity contribution is 9.10. The molecule has 0 atom stereocenters. The fourth-order valence-corrected chi connectivity index (χ4v) is 3.99. The maximum atomic E-state index is 12.3. The number of anilines is 1. The second-order valence-electron chi connectivity index (χ2n) is 5.79. The smallest absolute Gasteiger partial charge is 0.257 e. The lowest BCUT2D eigenvalue weighted by atomic mass is 10.1. The summed E-state index contributed by atoms with van der Waals surface area (Å²) in [5.74, 6) is 1.23. The van der Waals surface area contributed by atoms with E-state index in [9.17, 15) is 4.79 Å². The van der Waals surface area contributed by atoms with Gasteiger partial charge in [0.15, 0.2) is 11.5 Å². The van der Waals surface area contributed by atoms with Crippen molar-refractivity contribution in [2.75, 3.05) is 26.6 Å². The summed E-state index contributed by atoms with van der Waals surface area (Å²) in [7, 11) is 4.65. The number of aromatic nitrogens is 2. The number of nitrogens with one attached hydrogen (secondary N) is 1. The number of nitrogens with zero attached hydrogens (tertiary/aromatic N) is 2. The summed E-state index contributed by atoms with van der Waals surface area (Å²) < 4.78 is 16.9. The van der Waals surface area contributed by atoms with Gasteiger partial charge in [0.25, 0.3) is 5.91 Å². The van der Waals surface area contributed by atoms with Crippen LogP contribution in [0.2, 0.25) is 5.02 Å². The maximum absolute atomic E-state index is 12.3. The molecule has 0 fully saturated rings. The van der Waals surface area contributed by atoms with Gasteiger partial charge >= 0.3 is 0 Å². The van der Waals surface area contributed by atoms with Crippen LogP contribution in [-0.4, -0.2) is 37.4 Å². The lowest BCUT2D eigenvalue weighted by molar-refractivity contribution is 0.102. The van der Waals surface area contributed by atoms with E-state index in [1.165, 1.54) is 11.3 Å². The van der Waals surface area contributed by atoms with Crippen LogP contribution in [0.15, 0.2) is 34.8 Å². The molecule has 1 amide bonds. The highest BCUT2D eigenvalue weighted by atomic mass is 79.9. The van der Waals surface area contributed by atoms with Gasteiger partial charge in [-0.15, -0.1) is 10.2 Å². The van der Waals surface area contributed by atoms with Crippen LogP contribution in [0.5, 0.6) is 17.2 Å². The third kappa shape index (κ3) is 4.92. The van der Waals surface area contributed by atoms with Crippen LogP contribution < -0.4 is 19.5 Å². The van der Waals surface area contributed by atoms with Gasteiger partial charge in [-0.25, -0.2) is 0 Å². The van der Waals surface area contributed by atoms with Crippen LogP contribution in [0.25, 0.3) is 12.2 Å². The van der Waals surface area contributed by atoms with Crippen LogP contribution in [-0.2, 0) is 0 Å². The van der Waals surface area contributed by atoms with Crippen LogP contribution >= 0.6 is 38.9 Å². The van der Waals surface area contributed by atoms with Gasteiger partial charge in [0.05, 0.1) is 25.8 Å². The minimum Gasteiger partial charge on any atom is -0.493 e. The van der Waals surface area contributed by atoms with E-state index in [2.05, 4.69) is 31.4 Å². The first-order chi connectivity index (χ1) is 14.5. The van der Waals surface area contributed by atoms with Crippen molar-refractivity contribution in [1.82, 2.24) is 10.2 Å². The third-order valence-electron chi connectivity index (χ3n) is 3.95. The van der Waals surface area contributed by atoms with Gasteiger partial charge in [0.2, 0.25) is 10.9 Å². The molecule has 0 aliphatic carbocycles. The first-order valence-electron chi connectivity index (χ1n) is 8.53. The van der Waals surface area contributed by atoms with Gasteiger partial charge in [0.1, 0.15) is 5.01 Å². The molecule has 0 radical (unpaired) electrons. The van der Waals surface area contributed by atoms with E-state index in [1.54, 1.807) is 51.7 Å². The average Bonchev–Trinajstić information content (AvgIpc) is 3.19. The minimum atomic E-state index is -0.309. The molecule has 0 spiro atoms. The number of carbonyl (C=O) groups is 1. The Bertz CT molecular complexity index is 1100. The van der Waals surface area contributed by atoms with Gasteiger partial charge < -0.3 is 14.2 Å². The molecule has 30 heavy (non-hydrogen) atoms. The van der Waals surface area contributed by atoms with Crippen LogP contribution in [0, 0.1) is 0 Å². The SMILES string of the molecule is COc1cc(/C=C/c2nnc(NC(=O)c3cccc(Cl)c3)s2)c(Br)c(OC)c1OC. The zero-order valence-corrected chi connectivity index (χ0v) is 19.4. The van der Waals surface area contributed by atoms with Crippen LogP contribution in [0.3, 0.4) is 0 Å². The van der Waals surface area contributed by atoms with Crippen LogP contribution in [0.4, 0.5) is 5.13 Å². The topological polar surface area (TPSA) is 82.6 Å². The van der Waals surface area contributed by atoms with Gasteiger partial charge in [0, 0.05) is 10.6 Å². The molecule has 1 N–H and O–H groups in total. The first-order valence-corrected chi connectivity index (χ1v) is 10.5. The summed E-state index contributed by atoms with van der Waals surface area (Å²) in [4.78, 5) is 12.3. The van der Waals surface area contributed by atoms with Crippen molar-refractivity contribution in [2.45, 2.75) is 0 Å². The molecule has 0 unspecified atom stereocenters. The summed E-state index contributed by atoms with van der Waals surface area (Å²) in [5.41, 5.74) is 1.24. The summed E-state index contributed by atoms with van der Waals surface area (Å²) in [6, 6.07) is 8.48. The zero-order valence-electron chi connectivity index (χ0n) is 16.2. The van der Waals surface area contributed by atoms with E-state index in [0.29, 0.717) is 42.4 Å².